The minimum Gasteiger partial charge on any atom is -0.493 e. The van der Waals surface area contributed by atoms with E-state index in [1.807, 2.05) is 25.1 Å². The number of benzene rings is 2. The number of thiazole rings is 1. The molecule has 3 aromatic rings. The monoisotopic (exact) mass is 366 g/mol. The Morgan fingerprint density at radius 1 is 1.15 bits per heavy atom. The van der Waals surface area contributed by atoms with Gasteiger partial charge in [-0.3, -0.25) is 4.79 Å². The van der Waals surface area contributed by atoms with Crippen LogP contribution in [0.2, 0.25) is 0 Å². The van der Waals surface area contributed by atoms with Crippen LogP contribution in [0.4, 0.5) is 0 Å². The summed E-state index contributed by atoms with van der Waals surface area (Å²) in [6.45, 7) is 5.05. The Labute approximate surface area is 157 Å². The second-order valence-electron chi connectivity index (χ2n) is 5.95. The zero-order chi connectivity index (χ0) is 18.4. The fourth-order valence-corrected chi connectivity index (χ4v) is 3.45. The topological polar surface area (TPSA) is 51.2 Å². The summed E-state index contributed by atoms with van der Waals surface area (Å²) in [5.41, 5.74) is 3.92. The van der Waals surface area contributed by atoms with Crippen molar-refractivity contribution in [3.05, 3.63) is 70.7 Å². The molecule has 0 aliphatic rings. The van der Waals surface area contributed by atoms with Crippen LogP contribution in [-0.4, -0.2) is 24.0 Å². The maximum Gasteiger partial charge on any atom is 0.255 e. The van der Waals surface area contributed by atoms with Gasteiger partial charge < -0.3 is 10.1 Å². The molecule has 1 N–H and O–H groups in total. The number of aromatic nitrogens is 1. The zero-order valence-corrected chi connectivity index (χ0v) is 15.8. The third kappa shape index (κ3) is 4.49. The highest BCUT2D eigenvalue weighted by atomic mass is 32.1. The number of nitrogens with zero attached hydrogens (tertiary/aromatic N) is 1. The standard InChI is InChI=1S/C21H22N2O2S/c1-3-25-19-7-5-4-6-18(19)20(24)22-13-12-17-14-26-21(23-17)16-10-8-15(2)9-11-16/h4-11,14H,3,12-13H2,1-2H3,(H,22,24). The van der Waals surface area contributed by atoms with Crippen LogP contribution < -0.4 is 10.1 Å². The fourth-order valence-electron chi connectivity index (χ4n) is 2.59. The summed E-state index contributed by atoms with van der Waals surface area (Å²) < 4.78 is 5.51. The molecule has 3 rings (SSSR count). The summed E-state index contributed by atoms with van der Waals surface area (Å²) in [5, 5.41) is 6.01. The maximum absolute atomic E-state index is 12.4. The van der Waals surface area contributed by atoms with Crippen molar-refractivity contribution in [2.24, 2.45) is 0 Å². The summed E-state index contributed by atoms with van der Waals surface area (Å²) in [5.74, 6) is 0.492. The van der Waals surface area contributed by atoms with Gasteiger partial charge in [0.15, 0.2) is 0 Å². The maximum atomic E-state index is 12.4. The lowest BCUT2D eigenvalue weighted by atomic mass is 10.1. The summed E-state index contributed by atoms with van der Waals surface area (Å²) in [6.07, 6.45) is 0.699. The van der Waals surface area contributed by atoms with Crippen molar-refractivity contribution in [3.8, 4) is 16.3 Å². The van der Waals surface area contributed by atoms with Crippen LogP contribution in [0.3, 0.4) is 0 Å². The molecule has 0 atom stereocenters. The Balaban J connectivity index is 1.57. The van der Waals surface area contributed by atoms with Gasteiger partial charge in [-0.25, -0.2) is 4.98 Å². The van der Waals surface area contributed by atoms with Crippen molar-refractivity contribution in [1.29, 1.82) is 0 Å². The normalized spacial score (nSPS) is 10.5. The molecular weight excluding hydrogens is 344 g/mol. The number of rotatable bonds is 7. The lowest BCUT2D eigenvalue weighted by molar-refractivity contribution is 0.0950. The number of carbonyl (C=O) groups is 1. The number of amides is 1. The second-order valence-corrected chi connectivity index (χ2v) is 6.80. The third-order valence-electron chi connectivity index (χ3n) is 3.95. The van der Waals surface area contributed by atoms with Crippen molar-refractivity contribution in [2.45, 2.75) is 20.3 Å². The Kier molecular flexibility index (Phi) is 6.02. The molecule has 0 aliphatic heterocycles. The molecule has 5 heteroatoms. The van der Waals surface area contributed by atoms with Gasteiger partial charge in [-0.2, -0.15) is 0 Å². The molecule has 0 fully saturated rings. The highest BCUT2D eigenvalue weighted by Gasteiger charge is 2.11. The molecule has 0 unspecified atom stereocenters. The fraction of sp³-hybridized carbons (Fsp3) is 0.238. The van der Waals surface area contributed by atoms with E-state index >= 15 is 0 Å². The van der Waals surface area contributed by atoms with E-state index < -0.39 is 0 Å². The summed E-state index contributed by atoms with van der Waals surface area (Å²) in [4.78, 5) is 17.0. The number of hydrogen-bond acceptors (Lipinski definition) is 4. The molecule has 0 spiro atoms. The van der Waals surface area contributed by atoms with Crippen molar-refractivity contribution in [3.63, 3.8) is 0 Å². The van der Waals surface area contributed by atoms with Crippen LogP contribution in [0.5, 0.6) is 5.75 Å². The van der Waals surface area contributed by atoms with Crippen LogP contribution >= 0.6 is 11.3 Å². The lowest BCUT2D eigenvalue weighted by Gasteiger charge is -2.10. The van der Waals surface area contributed by atoms with Crippen LogP contribution in [0.15, 0.2) is 53.9 Å². The van der Waals surface area contributed by atoms with Gasteiger partial charge in [-0.1, -0.05) is 42.0 Å². The highest BCUT2D eigenvalue weighted by molar-refractivity contribution is 7.13. The Bertz CT molecular complexity index is 872. The summed E-state index contributed by atoms with van der Waals surface area (Å²) in [7, 11) is 0. The Morgan fingerprint density at radius 3 is 2.69 bits per heavy atom. The van der Waals surface area contributed by atoms with Crippen LogP contribution in [0.1, 0.15) is 28.5 Å². The van der Waals surface area contributed by atoms with E-state index in [1.165, 1.54) is 5.56 Å². The van der Waals surface area contributed by atoms with Gasteiger partial charge in [0, 0.05) is 23.9 Å². The molecule has 134 valence electrons. The van der Waals surface area contributed by atoms with Crippen molar-refractivity contribution in [1.82, 2.24) is 10.3 Å². The van der Waals surface area contributed by atoms with Gasteiger partial charge in [-0.15, -0.1) is 11.3 Å². The second kappa shape index (κ2) is 8.63. The van der Waals surface area contributed by atoms with E-state index in [0.717, 1.165) is 16.3 Å². The average Bonchev–Trinajstić information content (AvgIpc) is 3.12. The first-order chi connectivity index (χ1) is 12.7. The molecule has 0 aliphatic carbocycles. The number of aryl methyl sites for hydroxylation is 1. The number of nitrogens with one attached hydrogen (secondary N) is 1. The van der Waals surface area contributed by atoms with Crippen LogP contribution in [-0.2, 0) is 6.42 Å². The zero-order valence-electron chi connectivity index (χ0n) is 15.0. The largest absolute Gasteiger partial charge is 0.493 e. The van der Waals surface area contributed by atoms with Crippen LogP contribution in [0.25, 0.3) is 10.6 Å². The highest BCUT2D eigenvalue weighted by Crippen LogP contribution is 2.24. The predicted molar refractivity (Wildman–Crippen MR) is 106 cm³/mol. The first kappa shape index (κ1) is 18.1. The van der Waals surface area contributed by atoms with Gasteiger partial charge in [0.2, 0.25) is 0 Å². The van der Waals surface area contributed by atoms with Crippen LogP contribution in [0, 0.1) is 6.92 Å². The van der Waals surface area contributed by atoms with Gasteiger partial charge in [-0.05, 0) is 26.0 Å². The van der Waals surface area contributed by atoms with E-state index in [9.17, 15) is 4.79 Å². The molecule has 4 nitrogen and oxygen atoms in total. The SMILES string of the molecule is CCOc1ccccc1C(=O)NCCc1csc(-c2ccc(C)cc2)n1. The van der Waals surface area contributed by atoms with Crippen molar-refractivity contribution in [2.75, 3.05) is 13.2 Å². The predicted octanol–water partition coefficient (Wildman–Crippen LogP) is 4.49. The Morgan fingerprint density at radius 2 is 1.92 bits per heavy atom. The van der Waals surface area contributed by atoms with E-state index in [-0.39, 0.29) is 5.91 Å². The lowest BCUT2D eigenvalue weighted by Crippen LogP contribution is -2.26. The van der Waals surface area contributed by atoms with E-state index in [4.69, 9.17) is 4.74 Å². The number of ether oxygens (including phenoxy) is 1. The van der Waals surface area contributed by atoms with Gasteiger partial charge >= 0.3 is 0 Å². The van der Waals surface area contributed by atoms with Crippen molar-refractivity contribution < 1.29 is 9.53 Å². The molecule has 0 saturated carbocycles. The van der Waals surface area contributed by atoms with Crippen molar-refractivity contribution >= 4 is 17.2 Å². The number of hydrogen-bond donors (Lipinski definition) is 1. The van der Waals surface area contributed by atoms with Gasteiger partial charge in [0.05, 0.1) is 17.9 Å². The van der Waals surface area contributed by atoms with Gasteiger partial charge in [0.25, 0.3) is 5.91 Å². The minimum absolute atomic E-state index is 0.122. The third-order valence-corrected chi connectivity index (χ3v) is 4.89. The van der Waals surface area contributed by atoms with E-state index in [1.54, 1.807) is 17.4 Å². The van der Waals surface area contributed by atoms with Gasteiger partial charge in [0.1, 0.15) is 10.8 Å². The first-order valence-corrected chi connectivity index (χ1v) is 9.57. The molecule has 26 heavy (non-hydrogen) atoms. The summed E-state index contributed by atoms with van der Waals surface area (Å²) >= 11 is 1.63. The van der Waals surface area contributed by atoms with E-state index in [2.05, 4.69) is 46.9 Å². The number of carbonyl (C=O) groups excluding carboxylic acids is 1. The van der Waals surface area contributed by atoms with E-state index in [0.29, 0.717) is 30.9 Å². The smallest absolute Gasteiger partial charge is 0.255 e. The quantitative estimate of drug-likeness (QED) is 0.670. The molecule has 1 aromatic heterocycles. The summed E-state index contributed by atoms with van der Waals surface area (Å²) in [6, 6.07) is 15.6. The minimum atomic E-state index is -0.122. The number of para-hydroxylation sites is 1. The molecule has 1 heterocycles. The molecule has 2 aromatic carbocycles. The molecular formula is C21H22N2O2S. The average molecular weight is 366 g/mol. The molecule has 0 radical (unpaired) electrons. The Hall–Kier alpha value is -2.66. The molecule has 0 bridgehead atoms. The molecule has 0 saturated heterocycles. The first-order valence-electron chi connectivity index (χ1n) is 8.69. The molecule has 1 amide bonds.